The van der Waals surface area contributed by atoms with E-state index in [0.29, 0.717) is 41.9 Å². The van der Waals surface area contributed by atoms with Crippen LogP contribution in [0.15, 0.2) is 24.5 Å². The minimum atomic E-state index is -0.870. The molecule has 4 N–H and O–H groups in total. The Kier molecular flexibility index (Phi) is 8.74. The summed E-state index contributed by atoms with van der Waals surface area (Å²) in [5, 5.41) is 27.2. The van der Waals surface area contributed by atoms with Crippen molar-refractivity contribution in [1.29, 1.82) is 0 Å². The van der Waals surface area contributed by atoms with Crippen LogP contribution in [0.25, 0.3) is 11.3 Å². The van der Waals surface area contributed by atoms with E-state index in [4.69, 9.17) is 23.2 Å². The van der Waals surface area contributed by atoms with E-state index >= 15 is 0 Å². The van der Waals surface area contributed by atoms with Crippen molar-refractivity contribution in [3.63, 3.8) is 0 Å². The normalized spacial score (nSPS) is 12.2. The number of carbonyl (C=O) groups excluding carboxylic acids is 2. The summed E-state index contributed by atoms with van der Waals surface area (Å²) >= 11 is 11.7. The summed E-state index contributed by atoms with van der Waals surface area (Å²) in [6, 6.07) is 2.11. The van der Waals surface area contributed by atoms with Crippen molar-refractivity contribution in [3.05, 3.63) is 41.6 Å². The Balaban J connectivity index is 1.77. The standard InChI is InChI=1S/C23H29Cl2N7O3/c1-12(2)32-17(8-9-27-32)23(35)29-16(6-5-7-19(24)25)22(34)28-15-10-18(33)21(26-11-15)20-13(3)30-31-14(20)4/h8-12,16,19,33H,5-7H2,1-4H3,(H,28,34)(H,29,35)(H,30,31)/t16-/m0/s1. The third-order valence-electron chi connectivity index (χ3n) is 5.43. The summed E-state index contributed by atoms with van der Waals surface area (Å²) in [6.45, 7) is 7.45. The molecule has 35 heavy (non-hydrogen) atoms. The van der Waals surface area contributed by atoms with E-state index in [1.165, 1.54) is 18.5 Å². The van der Waals surface area contributed by atoms with Gasteiger partial charge < -0.3 is 15.7 Å². The highest BCUT2D eigenvalue weighted by Gasteiger charge is 2.24. The van der Waals surface area contributed by atoms with Crippen molar-refractivity contribution in [2.75, 3.05) is 5.32 Å². The highest BCUT2D eigenvalue weighted by Crippen LogP contribution is 2.32. The maximum atomic E-state index is 13.1. The van der Waals surface area contributed by atoms with Gasteiger partial charge in [-0.3, -0.25) is 24.4 Å². The van der Waals surface area contributed by atoms with E-state index in [9.17, 15) is 14.7 Å². The van der Waals surface area contributed by atoms with Crippen molar-refractivity contribution in [2.24, 2.45) is 0 Å². The van der Waals surface area contributed by atoms with E-state index in [0.717, 1.165) is 5.69 Å². The molecule has 3 heterocycles. The molecule has 1 atom stereocenters. The molecule has 0 spiro atoms. The summed E-state index contributed by atoms with van der Waals surface area (Å²) in [5.41, 5.74) is 3.15. The van der Waals surface area contributed by atoms with Gasteiger partial charge in [0.1, 0.15) is 28.0 Å². The summed E-state index contributed by atoms with van der Waals surface area (Å²) in [6.07, 6.45) is 4.27. The second kappa shape index (κ2) is 11.5. The van der Waals surface area contributed by atoms with Gasteiger partial charge in [-0.25, -0.2) is 0 Å². The van der Waals surface area contributed by atoms with Crippen molar-refractivity contribution >= 4 is 40.7 Å². The molecule has 0 fully saturated rings. The number of nitrogens with zero attached hydrogens (tertiary/aromatic N) is 4. The number of aromatic amines is 1. The lowest BCUT2D eigenvalue weighted by atomic mass is 10.1. The van der Waals surface area contributed by atoms with E-state index < -0.39 is 22.7 Å². The fourth-order valence-corrected chi connectivity index (χ4v) is 4.03. The van der Waals surface area contributed by atoms with Crippen LogP contribution in [0.2, 0.25) is 0 Å². The molecule has 0 aromatic carbocycles. The maximum absolute atomic E-state index is 13.1. The van der Waals surface area contributed by atoms with Gasteiger partial charge in [0.15, 0.2) is 0 Å². The first kappa shape index (κ1) is 26.5. The molecule has 0 aliphatic carbocycles. The van der Waals surface area contributed by atoms with Crippen LogP contribution in [0.3, 0.4) is 0 Å². The SMILES string of the molecule is Cc1n[nH]c(C)c1-c1ncc(NC(=O)[C@H](CCCC(Cl)Cl)NC(=O)c2ccnn2C(C)C)cc1O. The molecule has 3 aromatic rings. The molecule has 3 aromatic heterocycles. The molecule has 2 amide bonds. The Morgan fingerprint density at radius 3 is 2.57 bits per heavy atom. The Morgan fingerprint density at radius 1 is 1.23 bits per heavy atom. The number of halogens is 2. The molecule has 0 aliphatic heterocycles. The molecule has 0 saturated heterocycles. The van der Waals surface area contributed by atoms with E-state index in [-0.39, 0.29) is 17.5 Å². The number of nitrogens with one attached hydrogen (secondary N) is 3. The molecule has 0 aliphatic rings. The number of carbonyl (C=O) groups is 2. The van der Waals surface area contributed by atoms with Gasteiger partial charge in [-0.1, -0.05) is 0 Å². The van der Waals surface area contributed by atoms with Gasteiger partial charge >= 0.3 is 0 Å². The third kappa shape index (κ3) is 6.52. The van der Waals surface area contributed by atoms with Crippen molar-refractivity contribution in [1.82, 2.24) is 30.3 Å². The Morgan fingerprint density at radius 2 is 1.97 bits per heavy atom. The van der Waals surface area contributed by atoms with E-state index in [2.05, 4.69) is 30.9 Å². The number of aromatic hydroxyl groups is 1. The molecule has 188 valence electrons. The number of aromatic nitrogens is 5. The van der Waals surface area contributed by atoms with Gasteiger partial charge in [-0.2, -0.15) is 10.2 Å². The zero-order valence-electron chi connectivity index (χ0n) is 20.0. The van der Waals surface area contributed by atoms with Gasteiger partial charge in [-0.05, 0) is 53.0 Å². The fourth-order valence-electron chi connectivity index (χ4n) is 3.73. The number of anilines is 1. The number of hydrogen-bond donors (Lipinski definition) is 4. The van der Waals surface area contributed by atoms with E-state index in [1.807, 2.05) is 20.8 Å². The number of hydrogen-bond acceptors (Lipinski definition) is 6. The van der Waals surface area contributed by atoms with Crippen LogP contribution in [0.4, 0.5) is 5.69 Å². The maximum Gasteiger partial charge on any atom is 0.270 e. The number of amides is 2. The van der Waals surface area contributed by atoms with E-state index in [1.54, 1.807) is 17.7 Å². The lowest BCUT2D eigenvalue weighted by molar-refractivity contribution is -0.118. The Bertz CT molecular complexity index is 1170. The summed E-state index contributed by atoms with van der Waals surface area (Å²) in [7, 11) is 0. The molecule has 12 heteroatoms. The largest absolute Gasteiger partial charge is 0.506 e. The molecule has 0 bridgehead atoms. The smallest absolute Gasteiger partial charge is 0.270 e. The number of alkyl halides is 2. The monoisotopic (exact) mass is 521 g/mol. The second-order valence-corrected chi connectivity index (χ2v) is 9.77. The highest BCUT2D eigenvalue weighted by molar-refractivity contribution is 6.44. The lowest BCUT2D eigenvalue weighted by Crippen LogP contribution is -2.44. The van der Waals surface area contributed by atoms with Crippen LogP contribution in [0.5, 0.6) is 5.75 Å². The summed E-state index contributed by atoms with van der Waals surface area (Å²) < 4.78 is 1.58. The van der Waals surface area contributed by atoms with Gasteiger partial charge in [-0.15, -0.1) is 23.2 Å². The first-order chi connectivity index (χ1) is 16.6. The van der Waals surface area contributed by atoms with Gasteiger partial charge in [0.05, 0.1) is 17.6 Å². The van der Waals surface area contributed by atoms with Gasteiger partial charge in [0, 0.05) is 29.6 Å². The minimum Gasteiger partial charge on any atom is -0.506 e. The van der Waals surface area contributed by atoms with Crippen molar-refractivity contribution in [3.8, 4) is 17.0 Å². The molecule has 0 radical (unpaired) electrons. The van der Waals surface area contributed by atoms with Crippen LogP contribution in [-0.4, -0.2) is 52.8 Å². The molecule has 3 rings (SSSR count). The van der Waals surface area contributed by atoms with Crippen LogP contribution in [0.1, 0.15) is 61.0 Å². The number of pyridine rings is 1. The quantitative estimate of drug-likeness (QED) is 0.293. The zero-order valence-corrected chi connectivity index (χ0v) is 21.5. The first-order valence-electron chi connectivity index (χ1n) is 11.2. The predicted molar refractivity (Wildman–Crippen MR) is 135 cm³/mol. The molecule has 10 nitrogen and oxygen atoms in total. The molecule has 0 saturated carbocycles. The fraction of sp³-hybridized carbons (Fsp3) is 0.435. The molecule has 0 unspecified atom stereocenters. The van der Waals surface area contributed by atoms with Gasteiger partial charge in [0.25, 0.3) is 5.91 Å². The zero-order chi connectivity index (χ0) is 25.7. The van der Waals surface area contributed by atoms with Crippen LogP contribution < -0.4 is 10.6 Å². The number of rotatable bonds is 10. The minimum absolute atomic E-state index is 0.0265. The Labute approximate surface area is 213 Å². The van der Waals surface area contributed by atoms with Crippen LogP contribution in [-0.2, 0) is 4.79 Å². The predicted octanol–water partition coefficient (Wildman–Crippen LogP) is 4.28. The Hall–Kier alpha value is -3.11. The molecular weight excluding hydrogens is 493 g/mol. The summed E-state index contributed by atoms with van der Waals surface area (Å²) in [5.74, 6) is -0.991. The second-order valence-electron chi connectivity index (χ2n) is 8.49. The highest BCUT2D eigenvalue weighted by atomic mass is 35.5. The number of aryl methyl sites for hydroxylation is 2. The lowest BCUT2D eigenvalue weighted by Gasteiger charge is -2.20. The first-order valence-corrected chi connectivity index (χ1v) is 12.1. The topological polar surface area (TPSA) is 138 Å². The van der Waals surface area contributed by atoms with Gasteiger partial charge in [0.2, 0.25) is 5.91 Å². The average molecular weight is 522 g/mol. The number of H-pyrrole nitrogens is 1. The summed E-state index contributed by atoms with van der Waals surface area (Å²) in [4.78, 5) is 29.8. The van der Waals surface area contributed by atoms with Crippen LogP contribution in [0, 0.1) is 13.8 Å². The van der Waals surface area contributed by atoms with Crippen molar-refractivity contribution in [2.45, 2.75) is 63.9 Å². The average Bonchev–Trinajstić information content (AvgIpc) is 3.40. The molecular formula is C23H29Cl2N7O3. The van der Waals surface area contributed by atoms with Crippen LogP contribution >= 0.6 is 23.2 Å². The van der Waals surface area contributed by atoms with Crippen molar-refractivity contribution < 1.29 is 14.7 Å². The third-order valence-corrected chi connectivity index (χ3v) is 5.87.